The van der Waals surface area contributed by atoms with Gasteiger partial charge in [-0.05, 0) is 19.1 Å². The first-order valence-electron chi connectivity index (χ1n) is 7.52. The molecule has 130 valence electrons. The van der Waals surface area contributed by atoms with E-state index in [0.717, 1.165) is 9.80 Å². The highest BCUT2D eigenvalue weighted by atomic mass is 16.6. The fourth-order valence-electron chi connectivity index (χ4n) is 2.62. The van der Waals surface area contributed by atoms with Gasteiger partial charge in [0.1, 0.15) is 12.6 Å². The van der Waals surface area contributed by atoms with Gasteiger partial charge in [-0.15, -0.1) is 0 Å². The first-order chi connectivity index (χ1) is 11.9. The molecule has 4 amide bonds. The number of esters is 1. The van der Waals surface area contributed by atoms with Crippen LogP contribution in [0.3, 0.4) is 0 Å². The van der Waals surface area contributed by atoms with E-state index in [4.69, 9.17) is 4.74 Å². The number of benzene rings is 1. The van der Waals surface area contributed by atoms with Gasteiger partial charge in [0.25, 0.3) is 17.7 Å². The highest BCUT2D eigenvalue weighted by Gasteiger charge is 2.41. The van der Waals surface area contributed by atoms with E-state index in [-0.39, 0.29) is 24.3 Å². The van der Waals surface area contributed by atoms with Crippen LogP contribution in [0.15, 0.2) is 24.3 Å². The van der Waals surface area contributed by atoms with Gasteiger partial charge in [0, 0.05) is 0 Å². The summed E-state index contributed by atoms with van der Waals surface area (Å²) >= 11 is 0. The van der Waals surface area contributed by atoms with Crippen LogP contribution in [0.4, 0.5) is 4.79 Å². The summed E-state index contributed by atoms with van der Waals surface area (Å²) in [6, 6.07) is 5.02. The maximum Gasteiger partial charge on any atom is 0.416 e. The molecule has 1 saturated heterocycles. The number of fused-ring (bicyclic) bond motifs is 1. The van der Waals surface area contributed by atoms with E-state index in [1.165, 1.54) is 19.1 Å². The molecule has 0 radical (unpaired) electrons. The standard InChI is InChI=1S/C16H14N2O7/c1-9(15(22)25-8-12(19)17-6-7-24-16(17)23)18-13(20)10-4-2-3-5-11(10)14(18)21/h2-5,9H,6-8H2,1H3/t9-/m1/s1. The lowest BCUT2D eigenvalue weighted by Gasteiger charge is -2.21. The molecule has 1 aromatic carbocycles. The van der Waals surface area contributed by atoms with E-state index < -0.39 is 42.4 Å². The summed E-state index contributed by atoms with van der Waals surface area (Å²) < 4.78 is 9.46. The van der Waals surface area contributed by atoms with E-state index in [2.05, 4.69) is 4.74 Å². The Morgan fingerprint density at radius 3 is 2.28 bits per heavy atom. The molecule has 0 aliphatic carbocycles. The van der Waals surface area contributed by atoms with Crippen LogP contribution in [-0.2, 0) is 19.1 Å². The molecule has 25 heavy (non-hydrogen) atoms. The van der Waals surface area contributed by atoms with Gasteiger partial charge in [0.2, 0.25) is 0 Å². The van der Waals surface area contributed by atoms with Crippen molar-refractivity contribution in [2.75, 3.05) is 19.8 Å². The Balaban J connectivity index is 1.63. The highest BCUT2D eigenvalue weighted by molar-refractivity contribution is 6.22. The fourth-order valence-corrected chi connectivity index (χ4v) is 2.62. The predicted molar refractivity (Wildman–Crippen MR) is 80.4 cm³/mol. The summed E-state index contributed by atoms with van der Waals surface area (Å²) in [6.45, 7) is 0.827. The Morgan fingerprint density at radius 2 is 1.76 bits per heavy atom. The van der Waals surface area contributed by atoms with E-state index in [1.807, 2.05) is 0 Å². The van der Waals surface area contributed by atoms with Crippen LogP contribution in [0.2, 0.25) is 0 Å². The average Bonchev–Trinajstić information content (AvgIpc) is 3.14. The van der Waals surface area contributed by atoms with Crippen LogP contribution >= 0.6 is 0 Å². The number of hydrogen-bond donors (Lipinski definition) is 0. The third kappa shape index (κ3) is 2.84. The van der Waals surface area contributed by atoms with Crippen molar-refractivity contribution in [2.24, 2.45) is 0 Å². The first-order valence-corrected chi connectivity index (χ1v) is 7.52. The third-order valence-corrected chi connectivity index (χ3v) is 3.95. The summed E-state index contributed by atoms with van der Waals surface area (Å²) in [5, 5.41) is 0. The van der Waals surface area contributed by atoms with E-state index in [9.17, 15) is 24.0 Å². The Bertz CT molecular complexity index is 753. The number of imide groups is 2. The quantitative estimate of drug-likeness (QED) is 0.565. The normalized spacial score (nSPS) is 17.4. The number of nitrogens with zero attached hydrogens (tertiary/aromatic N) is 2. The van der Waals surface area contributed by atoms with Gasteiger partial charge in [-0.2, -0.15) is 0 Å². The minimum Gasteiger partial charge on any atom is -0.454 e. The van der Waals surface area contributed by atoms with Crippen molar-refractivity contribution < 1.29 is 33.4 Å². The number of rotatable bonds is 4. The second kappa shape index (κ2) is 6.34. The molecule has 1 atom stereocenters. The first kappa shape index (κ1) is 16.6. The molecule has 9 heteroatoms. The lowest BCUT2D eigenvalue weighted by Crippen LogP contribution is -2.45. The zero-order valence-electron chi connectivity index (χ0n) is 13.3. The molecular formula is C16H14N2O7. The van der Waals surface area contributed by atoms with Crippen LogP contribution in [0.1, 0.15) is 27.6 Å². The van der Waals surface area contributed by atoms with Crippen LogP contribution in [-0.4, -0.2) is 65.4 Å². The van der Waals surface area contributed by atoms with Crippen LogP contribution < -0.4 is 0 Å². The third-order valence-electron chi connectivity index (χ3n) is 3.95. The second-order valence-electron chi connectivity index (χ2n) is 5.47. The van der Waals surface area contributed by atoms with E-state index in [0.29, 0.717) is 0 Å². The van der Waals surface area contributed by atoms with Gasteiger partial charge in [-0.3, -0.25) is 19.3 Å². The lowest BCUT2D eigenvalue weighted by atomic mass is 10.1. The Kier molecular flexibility index (Phi) is 4.22. The van der Waals surface area contributed by atoms with Crippen molar-refractivity contribution in [3.8, 4) is 0 Å². The molecule has 0 saturated carbocycles. The van der Waals surface area contributed by atoms with Gasteiger partial charge in [-0.25, -0.2) is 14.5 Å². The SMILES string of the molecule is C[C@H](C(=O)OCC(=O)N1CCOC1=O)N1C(=O)c2ccccc2C1=O. The summed E-state index contributed by atoms with van der Waals surface area (Å²) in [4.78, 5) is 61.4. The molecular weight excluding hydrogens is 332 g/mol. The Morgan fingerprint density at radius 1 is 1.16 bits per heavy atom. The van der Waals surface area contributed by atoms with Crippen molar-refractivity contribution in [2.45, 2.75) is 13.0 Å². The topological polar surface area (TPSA) is 110 Å². The monoisotopic (exact) mass is 346 g/mol. The van der Waals surface area contributed by atoms with Crippen LogP contribution in [0.5, 0.6) is 0 Å². The fraction of sp³-hybridized carbons (Fsp3) is 0.312. The molecule has 0 aromatic heterocycles. The van der Waals surface area contributed by atoms with Gasteiger partial charge < -0.3 is 9.47 Å². The largest absolute Gasteiger partial charge is 0.454 e. The summed E-state index contributed by atoms with van der Waals surface area (Å²) in [5.41, 5.74) is 0.422. The number of ether oxygens (including phenoxy) is 2. The molecule has 2 aliphatic rings. The number of cyclic esters (lactones) is 1. The van der Waals surface area contributed by atoms with Crippen LogP contribution in [0.25, 0.3) is 0 Å². The predicted octanol–water partition coefficient (Wildman–Crippen LogP) is 0.193. The molecule has 2 heterocycles. The van der Waals surface area contributed by atoms with Gasteiger partial charge in [0.15, 0.2) is 6.61 Å². The van der Waals surface area contributed by atoms with Crippen molar-refractivity contribution in [3.63, 3.8) is 0 Å². The molecule has 0 N–H and O–H groups in total. The Labute approximate surface area is 142 Å². The van der Waals surface area contributed by atoms with Crippen LogP contribution in [0, 0.1) is 0 Å². The number of amides is 4. The lowest BCUT2D eigenvalue weighted by molar-refractivity contribution is -0.153. The maximum atomic E-state index is 12.3. The molecule has 2 aliphatic heterocycles. The minimum absolute atomic E-state index is 0.0865. The molecule has 0 spiro atoms. The van der Waals surface area contributed by atoms with Crippen molar-refractivity contribution in [1.82, 2.24) is 9.80 Å². The molecule has 0 bridgehead atoms. The molecule has 3 rings (SSSR count). The molecule has 0 unspecified atom stereocenters. The Hall–Kier alpha value is -3.23. The van der Waals surface area contributed by atoms with Gasteiger partial charge in [-0.1, -0.05) is 12.1 Å². The second-order valence-corrected chi connectivity index (χ2v) is 5.47. The molecule has 9 nitrogen and oxygen atoms in total. The van der Waals surface area contributed by atoms with E-state index >= 15 is 0 Å². The maximum absolute atomic E-state index is 12.3. The zero-order chi connectivity index (χ0) is 18.1. The van der Waals surface area contributed by atoms with Gasteiger partial charge >= 0.3 is 12.1 Å². The summed E-state index contributed by atoms with van der Waals surface area (Å²) in [5.74, 6) is -2.85. The molecule has 1 fully saturated rings. The molecule has 1 aromatic rings. The smallest absolute Gasteiger partial charge is 0.416 e. The van der Waals surface area contributed by atoms with Crippen molar-refractivity contribution in [1.29, 1.82) is 0 Å². The van der Waals surface area contributed by atoms with Crippen molar-refractivity contribution >= 4 is 29.8 Å². The highest BCUT2D eigenvalue weighted by Crippen LogP contribution is 2.24. The average molecular weight is 346 g/mol. The number of carbonyl (C=O) groups excluding carboxylic acids is 5. The van der Waals surface area contributed by atoms with Gasteiger partial charge in [0.05, 0.1) is 17.7 Å². The van der Waals surface area contributed by atoms with E-state index in [1.54, 1.807) is 12.1 Å². The number of hydrogen-bond acceptors (Lipinski definition) is 7. The summed E-state index contributed by atoms with van der Waals surface area (Å²) in [6.07, 6.45) is -0.797. The summed E-state index contributed by atoms with van der Waals surface area (Å²) in [7, 11) is 0. The number of carbonyl (C=O) groups is 5. The minimum atomic E-state index is -1.20. The zero-order valence-corrected chi connectivity index (χ0v) is 13.3. The van der Waals surface area contributed by atoms with Crippen molar-refractivity contribution in [3.05, 3.63) is 35.4 Å².